The average molecular weight is 340 g/mol. The zero-order valence-electron chi connectivity index (χ0n) is 14.8. The van der Waals surface area contributed by atoms with Crippen molar-refractivity contribution in [2.45, 2.75) is 32.7 Å². The monoisotopic (exact) mass is 340 g/mol. The van der Waals surface area contributed by atoms with Crippen molar-refractivity contribution in [1.29, 1.82) is 0 Å². The van der Waals surface area contributed by atoms with E-state index >= 15 is 0 Å². The summed E-state index contributed by atoms with van der Waals surface area (Å²) in [6.45, 7) is 4.09. The zero-order chi connectivity index (χ0) is 18.2. The van der Waals surface area contributed by atoms with Crippen molar-refractivity contribution in [2.24, 2.45) is 0 Å². The normalized spacial score (nSPS) is 11.5. The molecule has 2 aromatic rings. The summed E-state index contributed by atoms with van der Waals surface area (Å²) in [5.41, 5.74) is 3.40. The fourth-order valence-corrected chi connectivity index (χ4v) is 2.52. The molecule has 0 spiro atoms. The third-order valence-electron chi connectivity index (χ3n) is 3.93. The molecule has 2 amide bonds. The number of carbonyl (C=O) groups excluding carboxylic acids is 2. The van der Waals surface area contributed by atoms with Gasteiger partial charge in [0, 0.05) is 5.69 Å². The highest BCUT2D eigenvalue weighted by Gasteiger charge is 2.10. The van der Waals surface area contributed by atoms with Gasteiger partial charge in [-0.2, -0.15) is 0 Å². The number of ether oxygens (including phenoxy) is 1. The summed E-state index contributed by atoms with van der Waals surface area (Å²) in [5, 5.41) is 5.66. The number of methoxy groups -OCH3 is 1. The number of rotatable bonds is 6. The van der Waals surface area contributed by atoms with Gasteiger partial charge in [-0.25, -0.2) is 9.59 Å². The Morgan fingerprint density at radius 3 is 2.24 bits per heavy atom. The number of amides is 2. The van der Waals surface area contributed by atoms with Crippen LogP contribution in [-0.2, 0) is 11.2 Å². The van der Waals surface area contributed by atoms with Gasteiger partial charge in [-0.3, -0.25) is 0 Å². The number of anilines is 1. The van der Waals surface area contributed by atoms with E-state index in [1.54, 1.807) is 24.3 Å². The van der Waals surface area contributed by atoms with E-state index in [0.29, 0.717) is 11.3 Å². The predicted octanol–water partition coefficient (Wildman–Crippen LogP) is 4.31. The fraction of sp³-hybridized carbons (Fsp3) is 0.300. The van der Waals surface area contributed by atoms with Crippen LogP contribution < -0.4 is 10.6 Å². The number of esters is 1. The van der Waals surface area contributed by atoms with Crippen LogP contribution in [0, 0.1) is 0 Å². The van der Waals surface area contributed by atoms with Gasteiger partial charge in [0.05, 0.1) is 18.7 Å². The summed E-state index contributed by atoms with van der Waals surface area (Å²) in [4.78, 5) is 23.5. The van der Waals surface area contributed by atoms with Crippen LogP contribution in [0.2, 0.25) is 0 Å². The largest absolute Gasteiger partial charge is 0.465 e. The Balaban J connectivity index is 1.91. The maximum Gasteiger partial charge on any atom is 0.337 e. The van der Waals surface area contributed by atoms with E-state index < -0.39 is 5.97 Å². The van der Waals surface area contributed by atoms with Crippen molar-refractivity contribution in [3.05, 3.63) is 65.2 Å². The van der Waals surface area contributed by atoms with Crippen molar-refractivity contribution in [3.63, 3.8) is 0 Å². The SMILES string of the molecule is CCCc1ccc([C@H](C)NC(=O)Nc2ccc(C(=O)OC)cc2)cc1. The van der Waals surface area contributed by atoms with Crippen LogP contribution in [0.25, 0.3) is 0 Å². The van der Waals surface area contributed by atoms with Crippen LogP contribution in [0.5, 0.6) is 0 Å². The molecule has 1 atom stereocenters. The second kappa shape index (κ2) is 8.87. The van der Waals surface area contributed by atoms with E-state index in [-0.39, 0.29) is 12.1 Å². The standard InChI is InChI=1S/C20H24N2O3/c1-4-5-15-6-8-16(9-7-15)14(2)21-20(24)22-18-12-10-17(11-13-18)19(23)25-3/h6-14H,4-5H2,1-3H3,(H2,21,22,24)/t14-/m0/s1. The highest BCUT2D eigenvalue weighted by molar-refractivity contribution is 5.92. The summed E-state index contributed by atoms with van der Waals surface area (Å²) in [6, 6.07) is 14.4. The van der Waals surface area contributed by atoms with Crippen LogP contribution in [0.4, 0.5) is 10.5 Å². The van der Waals surface area contributed by atoms with Crippen molar-refractivity contribution in [2.75, 3.05) is 12.4 Å². The molecule has 25 heavy (non-hydrogen) atoms. The Kier molecular flexibility index (Phi) is 6.57. The van der Waals surface area contributed by atoms with E-state index in [4.69, 9.17) is 0 Å². The Hall–Kier alpha value is -2.82. The molecule has 0 heterocycles. The summed E-state index contributed by atoms with van der Waals surface area (Å²) < 4.78 is 4.64. The summed E-state index contributed by atoms with van der Waals surface area (Å²) in [5.74, 6) is -0.406. The molecule has 0 saturated heterocycles. The fourth-order valence-electron chi connectivity index (χ4n) is 2.52. The molecule has 0 fully saturated rings. The first-order chi connectivity index (χ1) is 12.0. The van der Waals surface area contributed by atoms with E-state index in [9.17, 15) is 9.59 Å². The van der Waals surface area contributed by atoms with Gasteiger partial charge in [-0.1, -0.05) is 37.6 Å². The minimum Gasteiger partial charge on any atom is -0.465 e. The second-order valence-corrected chi connectivity index (χ2v) is 5.88. The quantitative estimate of drug-likeness (QED) is 0.770. The summed E-state index contributed by atoms with van der Waals surface area (Å²) in [7, 11) is 1.33. The van der Waals surface area contributed by atoms with Gasteiger partial charge < -0.3 is 15.4 Å². The minimum absolute atomic E-state index is 0.106. The summed E-state index contributed by atoms with van der Waals surface area (Å²) in [6.07, 6.45) is 2.18. The molecule has 2 aromatic carbocycles. The molecule has 0 aliphatic carbocycles. The molecule has 132 valence electrons. The van der Waals surface area contributed by atoms with Gasteiger partial charge in [0.2, 0.25) is 0 Å². The van der Waals surface area contributed by atoms with Crippen LogP contribution in [0.1, 0.15) is 47.8 Å². The van der Waals surface area contributed by atoms with Crippen molar-refractivity contribution < 1.29 is 14.3 Å². The Morgan fingerprint density at radius 2 is 1.68 bits per heavy atom. The average Bonchev–Trinajstić information content (AvgIpc) is 2.62. The van der Waals surface area contributed by atoms with Crippen LogP contribution >= 0.6 is 0 Å². The van der Waals surface area contributed by atoms with Crippen LogP contribution in [-0.4, -0.2) is 19.1 Å². The topological polar surface area (TPSA) is 67.4 Å². The van der Waals surface area contributed by atoms with Gasteiger partial charge in [-0.05, 0) is 48.7 Å². The van der Waals surface area contributed by atoms with Crippen LogP contribution in [0.15, 0.2) is 48.5 Å². The summed E-state index contributed by atoms with van der Waals surface area (Å²) >= 11 is 0. The lowest BCUT2D eigenvalue weighted by atomic mass is 10.0. The van der Waals surface area contributed by atoms with Gasteiger partial charge in [0.15, 0.2) is 0 Å². The molecule has 2 N–H and O–H groups in total. The smallest absolute Gasteiger partial charge is 0.337 e. The molecular formula is C20H24N2O3. The van der Waals surface area contributed by atoms with Gasteiger partial charge >= 0.3 is 12.0 Å². The zero-order valence-corrected chi connectivity index (χ0v) is 14.8. The third-order valence-corrected chi connectivity index (χ3v) is 3.93. The molecule has 5 heteroatoms. The lowest BCUT2D eigenvalue weighted by Gasteiger charge is -2.15. The number of nitrogens with one attached hydrogen (secondary N) is 2. The van der Waals surface area contributed by atoms with Gasteiger partial charge in [-0.15, -0.1) is 0 Å². The molecular weight excluding hydrogens is 316 g/mol. The predicted molar refractivity (Wildman–Crippen MR) is 98.8 cm³/mol. The maximum absolute atomic E-state index is 12.1. The van der Waals surface area contributed by atoms with E-state index in [2.05, 4.69) is 34.4 Å². The van der Waals surface area contributed by atoms with E-state index in [0.717, 1.165) is 18.4 Å². The van der Waals surface area contributed by atoms with E-state index in [1.807, 2.05) is 19.1 Å². The van der Waals surface area contributed by atoms with Crippen LogP contribution in [0.3, 0.4) is 0 Å². The number of carbonyl (C=O) groups is 2. The lowest BCUT2D eigenvalue weighted by Crippen LogP contribution is -2.31. The Labute approximate surface area is 148 Å². The molecule has 0 aliphatic heterocycles. The Bertz CT molecular complexity index is 709. The number of benzene rings is 2. The number of aryl methyl sites for hydroxylation is 1. The number of hydrogen-bond donors (Lipinski definition) is 2. The van der Waals surface area contributed by atoms with Crippen molar-refractivity contribution in [3.8, 4) is 0 Å². The first-order valence-corrected chi connectivity index (χ1v) is 8.38. The van der Waals surface area contributed by atoms with Crippen molar-refractivity contribution >= 4 is 17.7 Å². The molecule has 0 aromatic heterocycles. The molecule has 0 aliphatic rings. The molecule has 0 bridgehead atoms. The molecule has 5 nitrogen and oxygen atoms in total. The van der Waals surface area contributed by atoms with Gasteiger partial charge in [0.25, 0.3) is 0 Å². The number of urea groups is 1. The van der Waals surface area contributed by atoms with E-state index in [1.165, 1.54) is 12.7 Å². The maximum atomic E-state index is 12.1. The first-order valence-electron chi connectivity index (χ1n) is 8.38. The van der Waals surface area contributed by atoms with Crippen molar-refractivity contribution in [1.82, 2.24) is 5.32 Å². The molecule has 2 rings (SSSR count). The Morgan fingerprint density at radius 1 is 1.04 bits per heavy atom. The highest BCUT2D eigenvalue weighted by Crippen LogP contribution is 2.15. The molecule has 0 radical (unpaired) electrons. The molecule has 0 saturated carbocycles. The molecule has 0 unspecified atom stereocenters. The lowest BCUT2D eigenvalue weighted by molar-refractivity contribution is 0.0600. The highest BCUT2D eigenvalue weighted by atomic mass is 16.5. The number of hydrogen-bond acceptors (Lipinski definition) is 3. The minimum atomic E-state index is -0.406. The second-order valence-electron chi connectivity index (χ2n) is 5.88. The van der Waals surface area contributed by atoms with Gasteiger partial charge in [0.1, 0.15) is 0 Å². The third kappa shape index (κ3) is 5.35. The first kappa shape index (κ1) is 18.5.